The van der Waals surface area contributed by atoms with Gasteiger partial charge in [-0.25, -0.2) is 4.98 Å². The first-order valence-electron chi connectivity index (χ1n) is 8.53. The molecule has 0 saturated heterocycles. The fraction of sp³-hybridized carbons (Fsp3) is 0.350. The second-order valence-corrected chi connectivity index (χ2v) is 7.29. The number of para-hydroxylation sites is 1. The minimum Gasteiger partial charge on any atom is -0.493 e. The monoisotopic (exact) mass is 367 g/mol. The first-order chi connectivity index (χ1) is 12.5. The lowest BCUT2D eigenvalue weighted by Crippen LogP contribution is -2.33. The Morgan fingerprint density at radius 1 is 1.35 bits per heavy atom. The Labute approximate surface area is 157 Å². The SMILES string of the molecule is Cc1nc(SCC(=O)NC2CCOc3ccccc32)c(C#N)c(C)c1C. The van der Waals surface area contributed by atoms with Gasteiger partial charge in [0.05, 0.1) is 24.0 Å². The van der Waals surface area contributed by atoms with Crippen molar-refractivity contribution in [3.8, 4) is 11.8 Å². The van der Waals surface area contributed by atoms with E-state index < -0.39 is 0 Å². The topological polar surface area (TPSA) is 75.0 Å². The van der Waals surface area contributed by atoms with Gasteiger partial charge in [-0.05, 0) is 38.0 Å². The molecule has 1 aliphatic heterocycles. The molecule has 0 bridgehead atoms. The Balaban J connectivity index is 1.69. The van der Waals surface area contributed by atoms with E-state index in [1.54, 1.807) is 0 Å². The van der Waals surface area contributed by atoms with Crippen molar-refractivity contribution in [2.24, 2.45) is 0 Å². The molecule has 0 aliphatic carbocycles. The molecule has 3 rings (SSSR count). The zero-order valence-electron chi connectivity index (χ0n) is 15.1. The lowest BCUT2D eigenvalue weighted by atomic mass is 10.0. The average molecular weight is 367 g/mol. The van der Waals surface area contributed by atoms with Gasteiger partial charge in [-0.3, -0.25) is 4.79 Å². The predicted octanol–water partition coefficient (Wildman–Crippen LogP) is 3.61. The molecule has 1 aromatic carbocycles. The number of fused-ring (bicyclic) bond motifs is 1. The number of thioether (sulfide) groups is 1. The predicted molar refractivity (Wildman–Crippen MR) is 101 cm³/mol. The molecule has 2 aromatic rings. The number of carbonyl (C=O) groups is 1. The van der Waals surface area contributed by atoms with Crippen LogP contribution in [0.4, 0.5) is 0 Å². The van der Waals surface area contributed by atoms with Gasteiger partial charge in [0.15, 0.2) is 0 Å². The molecule has 26 heavy (non-hydrogen) atoms. The summed E-state index contributed by atoms with van der Waals surface area (Å²) >= 11 is 1.31. The summed E-state index contributed by atoms with van der Waals surface area (Å²) in [4.78, 5) is 16.9. The first kappa shape index (κ1) is 18.3. The molecule has 1 unspecified atom stereocenters. The molecule has 0 spiro atoms. The number of carbonyl (C=O) groups excluding carboxylic acids is 1. The molecule has 0 saturated carbocycles. The second kappa shape index (κ2) is 7.79. The van der Waals surface area contributed by atoms with Gasteiger partial charge in [-0.15, -0.1) is 0 Å². The van der Waals surface area contributed by atoms with Crippen molar-refractivity contribution < 1.29 is 9.53 Å². The summed E-state index contributed by atoms with van der Waals surface area (Å²) in [5, 5.41) is 13.1. The number of hydrogen-bond donors (Lipinski definition) is 1. The highest BCUT2D eigenvalue weighted by atomic mass is 32.2. The maximum atomic E-state index is 12.4. The van der Waals surface area contributed by atoms with Gasteiger partial charge in [0.2, 0.25) is 5.91 Å². The summed E-state index contributed by atoms with van der Waals surface area (Å²) in [6, 6.07) is 9.95. The van der Waals surface area contributed by atoms with Crippen molar-refractivity contribution in [1.29, 1.82) is 5.26 Å². The third-order valence-corrected chi connectivity index (χ3v) is 5.68. The van der Waals surface area contributed by atoms with Crippen LogP contribution in [0.1, 0.15) is 40.4 Å². The van der Waals surface area contributed by atoms with Gasteiger partial charge in [0.1, 0.15) is 16.8 Å². The Kier molecular flexibility index (Phi) is 5.48. The lowest BCUT2D eigenvalue weighted by Gasteiger charge is -2.26. The van der Waals surface area contributed by atoms with Gasteiger partial charge in [0, 0.05) is 17.7 Å². The summed E-state index contributed by atoms with van der Waals surface area (Å²) in [7, 11) is 0. The molecule has 0 fully saturated rings. The fourth-order valence-corrected chi connectivity index (χ4v) is 3.91. The number of amides is 1. The van der Waals surface area contributed by atoms with Crippen LogP contribution in [0.2, 0.25) is 0 Å². The maximum Gasteiger partial charge on any atom is 0.230 e. The number of pyridine rings is 1. The van der Waals surface area contributed by atoms with Crippen molar-refractivity contribution in [2.45, 2.75) is 38.3 Å². The third kappa shape index (κ3) is 3.68. The van der Waals surface area contributed by atoms with Crippen LogP contribution in [-0.2, 0) is 4.79 Å². The van der Waals surface area contributed by atoms with Gasteiger partial charge < -0.3 is 10.1 Å². The summed E-state index contributed by atoms with van der Waals surface area (Å²) in [5.74, 6) is 0.983. The van der Waals surface area contributed by atoms with Crippen LogP contribution in [0.15, 0.2) is 29.3 Å². The van der Waals surface area contributed by atoms with Crippen molar-refractivity contribution in [2.75, 3.05) is 12.4 Å². The third-order valence-electron chi connectivity index (χ3n) is 4.71. The standard InChI is InChI=1S/C20H21N3O2S/c1-12-13(2)16(10-21)20(22-14(12)3)26-11-19(24)23-17-8-9-25-18-7-5-4-6-15(17)18/h4-7,17H,8-9,11H2,1-3H3,(H,23,24). The number of ether oxygens (including phenoxy) is 1. The van der Waals surface area contributed by atoms with Crippen LogP contribution < -0.4 is 10.1 Å². The second-order valence-electron chi connectivity index (χ2n) is 6.32. The first-order valence-corrected chi connectivity index (χ1v) is 9.51. The summed E-state index contributed by atoms with van der Waals surface area (Å²) in [5.41, 5.74) is 4.41. The van der Waals surface area contributed by atoms with Crippen molar-refractivity contribution >= 4 is 17.7 Å². The van der Waals surface area contributed by atoms with E-state index in [-0.39, 0.29) is 17.7 Å². The average Bonchev–Trinajstić information content (AvgIpc) is 2.65. The Morgan fingerprint density at radius 3 is 2.88 bits per heavy atom. The van der Waals surface area contributed by atoms with Gasteiger partial charge in [0.25, 0.3) is 0 Å². The fourth-order valence-electron chi connectivity index (χ4n) is 3.01. The number of nitrogens with one attached hydrogen (secondary N) is 1. The number of nitriles is 1. The number of nitrogens with zero attached hydrogens (tertiary/aromatic N) is 2. The quantitative estimate of drug-likeness (QED) is 0.836. The van der Waals surface area contributed by atoms with Gasteiger partial charge in [-0.2, -0.15) is 5.26 Å². The van der Waals surface area contributed by atoms with Crippen LogP contribution >= 0.6 is 11.8 Å². The van der Waals surface area contributed by atoms with E-state index in [1.165, 1.54) is 11.8 Å². The highest BCUT2D eigenvalue weighted by Gasteiger charge is 2.23. The molecule has 1 atom stereocenters. The Bertz CT molecular complexity index is 889. The molecular formula is C20H21N3O2S. The molecule has 1 N–H and O–H groups in total. The number of hydrogen-bond acceptors (Lipinski definition) is 5. The zero-order chi connectivity index (χ0) is 18.7. The molecule has 1 aliphatic rings. The number of benzene rings is 1. The van der Waals surface area contributed by atoms with E-state index >= 15 is 0 Å². The highest BCUT2D eigenvalue weighted by molar-refractivity contribution is 8.00. The van der Waals surface area contributed by atoms with Crippen molar-refractivity contribution in [3.05, 3.63) is 52.2 Å². The van der Waals surface area contributed by atoms with E-state index in [1.807, 2.05) is 45.0 Å². The molecule has 2 heterocycles. The summed E-state index contributed by atoms with van der Waals surface area (Å²) in [6.07, 6.45) is 0.748. The molecule has 1 aromatic heterocycles. The van der Waals surface area contributed by atoms with Crippen molar-refractivity contribution in [1.82, 2.24) is 10.3 Å². The Morgan fingerprint density at radius 2 is 2.12 bits per heavy atom. The highest BCUT2D eigenvalue weighted by Crippen LogP contribution is 2.32. The Hall–Kier alpha value is -2.52. The lowest BCUT2D eigenvalue weighted by molar-refractivity contribution is -0.119. The van der Waals surface area contributed by atoms with Gasteiger partial charge in [-0.1, -0.05) is 30.0 Å². The molecular weight excluding hydrogens is 346 g/mol. The number of rotatable bonds is 4. The normalized spacial score (nSPS) is 15.5. The summed E-state index contributed by atoms with van der Waals surface area (Å²) < 4.78 is 5.63. The van der Waals surface area contributed by atoms with Crippen LogP contribution in [0.3, 0.4) is 0 Å². The minimum atomic E-state index is -0.0710. The van der Waals surface area contributed by atoms with Crippen LogP contribution in [-0.4, -0.2) is 23.3 Å². The van der Waals surface area contributed by atoms with E-state index in [9.17, 15) is 10.1 Å². The maximum absolute atomic E-state index is 12.4. The molecule has 1 amide bonds. The van der Waals surface area contributed by atoms with E-state index in [0.717, 1.165) is 34.6 Å². The van der Waals surface area contributed by atoms with Crippen LogP contribution in [0.5, 0.6) is 5.75 Å². The van der Waals surface area contributed by atoms with Crippen LogP contribution in [0, 0.1) is 32.1 Å². The number of aromatic nitrogens is 1. The molecule has 0 radical (unpaired) electrons. The number of aryl methyl sites for hydroxylation is 1. The van der Waals surface area contributed by atoms with Crippen LogP contribution in [0.25, 0.3) is 0 Å². The van der Waals surface area contributed by atoms with E-state index in [0.29, 0.717) is 17.2 Å². The molecule has 6 heteroatoms. The summed E-state index contributed by atoms with van der Waals surface area (Å²) in [6.45, 7) is 6.39. The largest absolute Gasteiger partial charge is 0.493 e. The zero-order valence-corrected chi connectivity index (χ0v) is 15.9. The van der Waals surface area contributed by atoms with Gasteiger partial charge >= 0.3 is 0 Å². The van der Waals surface area contributed by atoms with E-state index in [2.05, 4.69) is 16.4 Å². The van der Waals surface area contributed by atoms with E-state index in [4.69, 9.17) is 4.74 Å². The molecule has 5 nitrogen and oxygen atoms in total. The minimum absolute atomic E-state index is 0.0436. The molecule has 134 valence electrons. The van der Waals surface area contributed by atoms with Crippen molar-refractivity contribution in [3.63, 3.8) is 0 Å². The smallest absolute Gasteiger partial charge is 0.230 e.